The van der Waals surface area contributed by atoms with Crippen molar-refractivity contribution in [3.05, 3.63) is 36.0 Å². The Bertz CT molecular complexity index is 1940. The van der Waals surface area contributed by atoms with Crippen molar-refractivity contribution in [1.29, 1.82) is 0 Å². The van der Waals surface area contributed by atoms with E-state index in [1.807, 2.05) is 13.8 Å². The van der Waals surface area contributed by atoms with E-state index in [2.05, 4.69) is 53.3 Å². The average Bonchev–Trinajstić information content (AvgIpc) is 3.43. The van der Waals surface area contributed by atoms with Crippen molar-refractivity contribution in [2.45, 2.75) is 257 Å². The van der Waals surface area contributed by atoms with Gasteiger partial charge < -0.3 is 57.2 Å². The van der Waals surface area contributed by atoms with Gasteiger partial charge in [0.05, 0.1) is 108 Å². The van der Waals surface area contributed by atoms with Crippen LogP contribution in [0.1, 0.15) is 126 Å². The molecule has 0 aromatic heterocycles. The maximum Gasteiger partial charge on any atom is 0.331 e. The third kappa shape index (κ3) is 7.38. The second-order valence-corrected chi connectivity index (χ2v) is 22.7. The topological polar surface area (TPSA) is 156 Å². The van der Waals surface area contributed by atoms with Crippen LogP contribution in [0, 0.1) is 5.92 Å². The molecule has 23 atom stereocenters. The molecule has 9 fully saturated rings. The van der Waals surface area contributed by atoms with Crippen LogP contribution in [0.2, 0.25) is 0 Å². The number of aldehydes is 1. The smallest absolute Gasteiger partial charge is 0.331 e. The Morgan fingerprint density at radius 3 is 2.31 bits per heavy atom. The molecule has 0 bridgehead atoms. The van der Waals surface area contributed by atoms with E-state index >= 15 is 0 Å². The first-order chi connectivity index (χ1) is 30.4. The summed E-state index contributed by atoms with van der Waals surface area (Å²) in [6.07, 6.45) is 9.57. The molecule has 1 N–H and O–H groups in total. The summed E-state index contributed by atoms with van der Waals surface area (Å²) in [5, 5.41) is 11.4. The molecule has 0 amide bonds. The van der Waals surface area contributed by atoms with E-state index in [1.165, 1.54) is 0 Å². The van der Waals surface area contributed by atoms with Gasteiger partial charge in [0, 0.05) is 57.4 Å². The van der Waals surface area contributed by atoms with Crippen molar-refractivity contribution < 1.29 is 66.8 Å². The Balaban J connectivity index is 0.776. The molecule has 11 rings (SSSR count). The van der Waals surface area contributed by atoms with Gasteiger partial charge in [-0.2, -0.15) is 0 Å². The third-order valence-corrected chi connectivity index (χ3v) is 17.8. The Morgan fingerprint density at radius 2 is 1.50 bits per heavy atom. The molecular formula is C50H70O14. The molecule has 14 heteroatoms. The van der Waals surface area contributed by atoms with Crippen molar-refractivity contribution in [1.82, 2.24) is 0 Å². The first kappa shape index (κ1) is 44.4. The number of aliphatic hydroxyl groups excluding tert-OH is 1. The first-order valence-electron chi connectivity index (χ1n) is 24.4. The predicted molar refractivity (Wildman–Crippen MR) is 228 cm³/mol. The van der Waals surface area contributed by atoms with Crippen LogP contribution in [0.4, 0.5) is 0 Å². The van der Waals surface area contributed by atoms with Gasteiger partial charge in [0.1, 0.15) is 30.2 Å². The number of carbonyl (C=O) groups excluding carboxylic acids is 2. The minimum atomic E-state index is -0.911. The van der Waals surface area contributed by atoms with Crippen LogP contribution in [-0.2, 0) is 61.7 Å². The molecule has 9 saturated heterocycles. The lowest BCUT2D eigenvalue weighted by Crippen LogP contribution is -2.70. The number of ether oxygens (including phenoxy) is 11. The van der Waals surface area contributed by atoms with Gasteiger partial charge >= 0.3 is 5.97 Å². The second kappa shape index (κ2) is 15.7. The molecule has 11 aliphatic heterocycles. The standard InChI is InChI=1S/C50H70O14/c1-25(24-51)14-28-17-37(52)50(8)41(54-28)19-33-34(61-50)18-32-29(55-33)10-9-12-46(4)42(58-32)23-49(7)40(62-46)21-39-47(5,64-49)13-11-30-44(60-39)26(2)15-31-36(56-30)22-48(6)38(57-31)20-35-45(63-48)27(3)16-43(53)59-35/h9-10,16,24,26,28-42,44-45,52H,1,11-15,17-23H2,2-8H3/b10-9-/t26-,28+,29+,30-,31-,32-,33-,34+,35-,36+,37-,38+,39-,40+,41+,42+,44+,45+,46-,47+,48-,49-,50-/m0/s1. The van der Waals surface area contributed by atoms with Crippen LogP contribution >= 0.6 is 0 Å². The van der Waals surface area contributed by atoms with E-state index in [-0.39, 0.29) is 110 Å². The Hall–Kier alpha value is -2.08. The lowest BCUT2D eigenvalue weighted by molar-refractivity contribution is -0.356. The van der Waals surface area contributed by atoms with Crippen molar-refractivity contribution in [2.24, 2.45) is 5.92 Å². The third-order valence-electron chi connectivity index (χ3n) is 17.8. The van der Waals surface area contributed by atoms with E-state index < -0.39 is 34.1 Å². The van der Waals surface area contributed by atoms with Crippen LogP contribution in [0.25, 0.3) is 0 Å². The molecule has 354 valence electrons. The van der Waals surface area contributed by atoms with E-state index in [1.54, 1.807) is 6.08 Å². The molecule has 0 radical (unpaired) electrons. The van der Waals surface area contributed by atoms with E-state index in [9.17, 15) is 14.7 Å². The van der Waals surface area contributed by atoms with Gasteiger partial charge in [-0.25, -0.2) is 4.79 Å². The number of hydrogen-bond donors (Lipinski definition) is 1. The van der Waals surface area contributed by atoms with Crippen LogP contribution in [0.15, 0.2) is 36.0 Å². The lowest BCUT2D eigenvalue weighted by atomic mass is 9.72. The zero-order chi connectivity index (χ0) is 44.7. The minimum absolute atomic E-state index is 0.116. The SMILES string of the molecule is C=C(C=O)C[C@@H]1C[C@H](O)[C@]2(C)O[C@@H]3C[C@@H]4O[C@@H]5C[C@]6(C)O[C@]7(C)CC[C@@H]8O[C@@H]9C[C@]%10(C)O[C@@H]%11C(C)=CC(=O)O[C@H]%11C[C@H]%10O[C@H]9C[C@H](C)[C@H]8O[C@H]7C[C@H]6O[C@@]5(C)C/C=C\[C@H]4O[C@H]3C[C@H]2O1. The molecule has 64 heavy (non-hydrogen) atoms. The van der Waals surface area contributed by atoms with E-state index in [0.717, 1.165) is 31.1 Å². The molecule has 0 aliphatic carbocycles. The number of esters is 1. The molecule has 14 nitrogen and oxygen atoms in total. The monoisotopic (exact) mass is 894 g/mol. The summed E-state index contributed by atoms with van der Waals surface area (Å²) in [7, 11) is 0. The van der Waals surface area contributed by atoms with Gasteiger partial charge in [-0.3, -0.25) is 4.79 Å². The van der Waals surface area contributed by atoms with Crippen molar-refractivity contribution in [2.75, 3.05) is 0 Å². The summed E-state index contributed by atoms with van der Waals surface area (Å²) in [5.41, 5.74) is -1.96. The average molecular weight is 895 g/mol. The molecule has 0 aromatic rings. The van der Waals surface area contributed by atoms with Crippen molar-refractivity contribution >= 4 is 12.3 Å². The normalized spacial score (nSPS) is 56.9. The van der Waals surface area contributed by atoms with Crippen LogP contribution in [-0.4, -0.2) is 149 Å². The zero-order valence-electron chi connectivity index (χ0n) is 38.6. The van der Waals surface area contributed by atoms with Crippen LogP contribution in [0.5, 0.6) is 0 Å². The van der Waals surface area contributed by atoms with E-state index in [0.29, 0.717) is 63.4 Å². The first-order valence-corrected chi connectivity index (χ1v) is 24.4. The highest BCUT2D eigenvalue weighted by atomic mass is 16.7. The Morgan fingerprint density at radius 1 is 0.734 bits per heavy atom. The fourth-order valence-corrected chi connectivity index (χ4v) is 14.0. The fraction of sp³-hybridized carbons (Fsp3) is 0.840. The lowest BCUT2D eigenvalue weighted by Gasteiger charge is -2.60. The summed E-state index contributed by atoms with van der Waals surface area (Å²) < 4.78 is 75.6. The fourth-order valence-electron chi connectivity index (χ4n) is 14.0. The van der Waals surface area contributed by atoms with Crippen molar-refractivity contribution in [3.8, 4) is 0 Å². The predicted octanol–water partition coefficient (Wildman–Crippen LogP) is 5.47. The maximum atomic E-state index is 12.3. The van der Waals surface area contributed by atoms with Crippen LogP contribution < -0.4 is 0 Å². The summed E-state index contributed by atoms with van der Waals surface area (Å²) >= 11 is 0. The molecule has 0 aromatic carbocycles. The number of hydrogen-bond acceptors (Lipinski definition) is 14. The highest BCUT2D eigenvalue weighted by Gasteiger charge is 2.64. The number of aliphatic hydroxyl groups is 1. The Labute approximate surface area is 377 Å². The molecule has 0 unspecified atom stereocenters. The van der Waals surface area contributed by atoms with Gasteiger partial charge in [0.2, 0.25) is 0 Å². The van der Waals surface area contributed by atoms with E-state index in [4.69, 9.17) is 52.1 Å². The Kier molecular flexibility index (Phi) is 10.9. The van der Waals surface area contributed by atoms with Gasteiger partial charge in [0.25, 0.3) is 0 Å². The van der Waals surface area contributed by atoms with Crippen LogP contribution in [0.3, 0.4) is 0 Å². The second-order valence-electron chi connectivity index (χ2n) is 22.7. The van der Waals surface area contributed by atoms with Gasteiger partial charge in [-0.1, -0.05) is 25.7 Å². The maximum absolute atomic E-state index is 12.3. The molecular weight excluding hydrogens is 825 g/mol. The summed E-state index contributed by atoms with van der Waals surface area (Å²) in [4.78, 5) is 23.6. The highest BCUT2D eigenvalue weighted by Crippen LogP contribution is 2.55. The number of carbonyl (C=O) groups is 2. The minimum Gasteiger partial charge on any atom is -0.456 e. The van der Waals surface area contributed by atoms with Crippen molar-refractivity contribution in [3.63, 3.8) is 0 Å². The molecule has 11 heterocycles. The van der Waals surface area contributed by atoms with Gasteiger partial charge in [-0.05, 0) is 84.3 Å². The number of fused-ring (bicyclic) bond motifs is 10. The summed E-state index contributed by atoms with van der Waals surface area (Å²) in [6, 6.07) is 0. The van der Waals surface area contributed by atoms with Gasteiger partial charge in [0.15, 0.2) is 0 Å². The number of rotatable bonds is 3. The molecule has 0 spiro atoms. The molecule has 0 saturated carbocycles. The highest BCUT2D eigenvalue weighted by molar-refractivity contribution is 5.84. The quantitative estimate of drug-likeness (QED) is 0.165. The summed E-state index contributed by atoms with van der Waals surface area (Å²) in [5.74, 6) is -0.146. The summed E-state index contributed by atoms with van der Waals surface area (Å²) in [6.45, 7) is 18.7. The largest absolute Gasteiger partial charge is 0.456 e. The van der Waals surface area contributed by atoms with Gasteiger partial charge in [-0.15, -0.1) is 0 Å². The zero-order valence-corrected chi connectivity index (χ0v) is 38.6. The molecule has 11 aliphatic rings.